The number of rotatable bonds is 7. The number of carbonyl (C=O) groups is 2. The number of Topliss-reactive ketones (excluding diaryl/α,β-unsaturated/α-hetero) is 1. The molecule has 0 bridgehead atoms. The smallest absolute Gasteiger partial charge is 0.296 e. The van der Waals surface area contributed by atoms with E-state index in [4.69, 9.17) is 18.6 Å². The van der Waals surface area contributed by atoms with E-state index in [0.29, 0.717) is 21.5 Å². The molecule has 3 heterocycles. The Bertz CT molecular complexity index is 1500. The number of aliphatic hydroxyl groups excluding tert-OH is 1. The molecule has 0 saturated heterocycles. The minimum absolute atomic E-state index is 0.0602. The Labute approximate surface area is 207 Å². The van der Waals surface area contributed by atoms with Gasteiger partial charge < -0.3 is 23.7 Å². The number of hydrogen-bond donors (Lipinski definition) is 1. The molecule has 1 N–H and O–H groups in total. The number of fused-ring (bicyclic) bond motifs is 1. The van der Waals surface area contributed by atoms with E-state index in [-0.39, 0.29) is 28.0 Å². The van der Waals surface area contributed by atoms with Crippen LogP contribution in [-0.4, -0.2) is 43.1 Å². The molecule has 0 spiro atoms. The second-order valence-electron chi connectivity index (χ2n) is 7.71. The van der Waals surface area contributed by atoms with Crippen LogP contribution < -0.4 is 19.1 Å². The van der Waals surface area contributed by atoms with Gasteiger partial charge in [0.1, 0.15) is 5.82 Å². The predicted octanol–water partition coefficient (Wildman–Crippen LogP) is 4.84. The van der Waals surface area contributed by atoms with E-state index in [9.17, 15) is 19.1 Å². The lowest BCUT2D eigenvalue weighted by Crippen LogP contribution is -2.31. The van der Waals surface area contributed by atoms with E-state index in [1.54, 1.807) is 12.1 Å². The number of benzene rings is 2. The summed E-state index contributed by atoms with van der Waals surface area (Å²) in [6, 6.07) is 9.03. The number of hydrogen-bond acceptors (Lipinski definition) is 9. The van der Waals surface area contributed by atoms with Crippen LogP contribution in [0.1, 0.15) is 22.2 Å². The molecule has 4 aromatic rings. The lowest BCUT2D eigenvalue weighted by Gasteiger charge is -2.25. The number of aliphatic hydroxyl groups is 1. The molecule has 2 aromatic heterocycles. The minimum atomic E-state index is -1.13. The van der Waals surface area contributed by atoms with Gasteiger partial charge in [-0.2, -0.15) is 0 Å². The highest BCUT2D eigenvalue weighted by atomic mass is 32.1. The molecule has 0 unspecified atom stereocenters. The summed E-state index contributed by atoms with van der Waals surface area (Å²) in [6.45, 7) is 0. The third-order valence-electron chi connectivity index (χ3n) is 5.75. The van der Waals surface area contributed by atoms with Crippen molar-refractivity contribution in [3.8, 4) is 17.2 Å². The first-order valence-corrected chi connectivity index (χ1v) is 11.4. The molecule has 0 fully saturated rings. The molecule has 36 heavy (non-hydrogen) atoms. The fourth-order valence-electron chi connectivity index (χ4n) is 4.14. The summed E-state index contributed by atoms with van der Waals surface area (Å²) in [5.41, 5.74) is 0.620. The standard InChI is InChI=1S/C25H19FN2O7S/c1-32-16-9-12(10-17(33-2)23(16)34-3)20-19(21(29)15-5-4-8-35-15)22(30)24(31)28(20)25-27-14-7-6-13(26)11-18(14)36-25/h4-11,20,30H,1-3H3/t20-/m0/s1. The van der Waals surface area contributed by atoms with Crippen molar-refractivity contribution < 1.29 is 37.7 Å². The molecule has 0 radical (unpaired) electrons. The fourth-order valence-corrected chi connectivity index (χ4v) is 5.16. The summed E-state index contributed by atoms with van der Waals surface area (Å²) in [6.07, 6.45) is 1.32. The molecule has 0 aliphatic carbocycles. The highest BCUT2D eigenvalue weighted by Crippen LogP contribution is 2.48. The van der Waals surface area contributed by atoms with E-state index in [1.807, 2.05) is 0 Å². The summed E-state index contributed by atoms with van der Waals surface area (Å²) in [5, 5.41) is 11.1. The Morgan fingerprint density at radius 2 is 1.83 bits per heavy atom. The van der Waals surface area contributed by atoms with E-state index in [2.05, 4.69) is 4.98 Å². The van der Waals surface area contributed by atoms with Crippen LogP contribution in [0, 0.1) is 5.82 Å². The lowest BCUT2D eigenvalue weighted by molar-refractivity contribution is -0.117. The highest BCUT2D eigenvalue weighted by Gasteiger charge is 2.47. The molecule has 184 valence electrons. The van der Waals surface area contributed by atoms with Gasteiger partial charge >= 0.3 is 0 Å². The summed E-state index contributed by atoms with van der Waals surface area (Å²) in [5.74, 6) is -1.93. The average molecular weight is 510 g/mol. The number of amides is 1. The van der Waals surface area contributed by atoms with E-state index >= 15 is 0 Å². The Morgan fingerprint density at radius 1 is 1.11 bits per heavy atom. The number of nitrogens with zero attached hydrogens (tertiary/aromatic N) is 2. The van der Waals surface area contributed by atoms with Crippen LogP contribution in [0.15, 0.2) is 64.5 Å². The molecule has 1 aliphatic rings. The van der Waals surface area contributed by atoms with Gasteiger partial charge in [0.05, 0.1) is 49.4 Å². The maximum absolute atomic E-state index is 13.8. The van der Waals surface area contributed by atoms with Crippen molar-refractivity contribution in [2.24, 2.45) is 0 Å². The van der Waals surface area contributed by atoms with Crippen molar-refractivity contribution in [3.05, 3.63) is 77.2 Å². The van der Waals surface area contributed by atoms with Gasteiger partial charge in [-0.1, -0.05) is 11.3 Å². The van der Waals surface area contributed by atoms with E-state index in [1.165, 1.54) is 62.8 Å². The number of ether oxygens (including phenoxy) is 3. The second-order valence-corrected chi connectivity index (χ2v) is 8.72. The molecule has 1 aliphatic heterocycles. The first-order chi connectivity index (χ1) is 17.4. The van der Waals surface area contributed by atoms with Crippen LogP contribution in [0.2, 0.25) is 0 Å². The molecule has 11 heteroatoms. The van der Waals surface area contributed by atoms with Crippen LogP contribution in [0.4, 0.5) is 9.52 Å². The van der Waals surface area contributed by atoms with Crippen LogP contribution >= 0.6 is 11.3 Å². The van der Waals surface area contributed by atoms with Gasteiger partial charge in [0.15, 0.2) is 28.1 Å². The van der Waals surface area contributed by atoms with Gasteiger partial charge in [0.25, 0.3) is 5.91 Å². The molecule has 1 atom stereocenters. The van der Waals surface area contributed by atoms with Gasteiger partial charge in [0.2, 0.25) is 11.5 Å². The van der Waals surface area contributed by atoms with Gasteiger partial charge in [-0.15, -0.1) is 0 Å². The summed E-state index contributed by atoms with van der Waals surface area (Å²) >= 11 is 1.05. The zero-order chi connectivity index (χ0) is 25.6. The largest absolute Gasteiger partial charge is 0.503 e. The van der Waals surface area contributed by atoms with Gasteiger partial charge in [-0.05, 0) is 48.0 Å². The van der Waals surface area contributed by atoms with Crippen LogP contribution in [0.5, 0.6) is 17.2 Å². The first-order valence-electron chi connectivity index (χ1n) is 10.6. The van der Waals surface area contributed by atoms with Crippen molar-refractivity contribution in [1.29, 1.82) is 0 Å². The summed E-state index contributed by atoms with van der Waals surface area (Å²) in [4.78, 5) is 32.5. The average Bonchev–Trinajstić information content (AvgIpc) is 3.61. The molecule has 5 rings (SSSR count). The Balaban J connectivity index is 1.74. The van der Waals surface area contributed by atoms with Crippen LogP contribution in [0.25, 0.3) is 10.2 Å². The second kappa shape index (κ2) is 9.00. The van der Waals surface area contributed by atoms with Gasteiger partial charge in [-0.25, -0.2) is 9.37 Å². The number of thiazole rings is 1. The zero-order valence-electron chi connectivity index (χ0n) is 19.3. The number of anilines is 1. The molecule has 1 amide bonds. The topological polar surface area (TPSA) is 111 Å². The quantitative estimate of drug-likeness (QED) is 0.352. The lowest BCUT2D eigenvalue weighted by atomic mass is 9.94. The van der Waals surface area contributed by atoms with Crippen molar-refractivity contribution in [2.75, 3.05) is 26.2 Å². The zero-order valence-corrected chi connectivity index (χ0v) is 20.1. The fraction of sp³-hybridized carbons (Fsp3) is 0.160. The number of ketones is 1. The number of carbonyl (C=O) groups excluding carboxylic acids is 2. The highest BCUT2D eigenvalue weighted by molar-refractivity contribution is 7.22. The van der Waals surface area contributed by atoms with Crippen molar-refractivity contribution in [3.63, 3.8) is 0 Å². The maximum atomic E-state index is 13.8. The SMILES string of the molecule is COc1cc([C@H]2C(C(=O)c3ccco3)=C(O)C(=O)N2c2nc3ccc(F)cc3s2)cc(OC)c1OC. The van der Waals surface area contributed by atoms with E-state index in [0.717, 1.165) is 11.3 Å². The summed E-state index contributed by atoms with van der Waals surface area (Å²) < 4.78 is 35.9. The van der Waals surface area contributed by atoms with Gasteiger partial charge in [0, 0.05) is 0 Å². The molecule has 9 nitrogen and oxygen atoms in total. The Hall–Kier alpha value is -4.38. The Morgan fingerprint density at radius 3 is 2.44 bits per heavy atom. The summed E-state index contributed by atoms with van der Waals surface area (Å²) in [7, 11) is 4.31. The number of halogens is 1. The minimum Gasteiger partial charge on any atom is -0.503 e. The molecule has 0 saturated carbocycles. The van der Waals surface area contributed by atoms with Crippen LogP contribution in [-0.2, 0) is 4.79 Å². The maximum Gasteiger partial charge on any atom is 0.296 e. The molecular weight excluding hydrogens is 491 g/mol. The normalized spacial score (nSPS) is 15.6. The third kappa shape index (κ3) is 3.64. The monoisotopic (exact) mass is 510 g/mol. The van der Waals surface area contributed by atoms with Crippen molar-refractivity contribution in [2.45, 2.75) is 6.04 Å². The number of methoxy groups -OCH3 is 3. The van der Waals surface area contributed by atoms with Gasteiger partial charge in [-0.3, -0.25) is 14.5 Å². The predicted molar refractivity (Wildman–Crippen MR) is 129 cm³/mol. The molecular formula is C25H19FN2O7S. The van der Waals surface area contributed by atoms with E-state index < -0.39 is 29.3 Å². The Kier molecular flexibility index (Phi) is 5.84. The number of furan rings is 1. The number of aromatic nitrogens is 1. The molecule has 2 aromatic carbocycles. The van der Waals surface area contributed by atoms with Crippen LogP contribution in [0.3, 0.4) is 0 Å². The van der Waals surface area contributed by atoms with Crippen molar-refractivity contribution in [1.82, 2.24) is 4.98 Å². The third-order valence-corrected chi connectivity index (χ3v) is 6.76. The van der Waals surface area contributed by atoms with Crippen molar-refractivity contribution >= 4 is 38.4 Å². The first kappa shape index (κ1) is 23.4.